The standard InChI is InChI=1S/C33H37N5O2S/c1-6-20-41-32-36-31-34-22(2)28(30(39)35-25-12-8-7-9-13-25)29(38(31)37-32)26-14-10-11-15-27(26)40-21-23-16-18-24(19-17-23)33(3,4)5/h7-19,29H,6,20-21H2,1-5H3,(H,35,39)(H,34,36,37). The van der Waals surface area contributed by atoms with Crippen LogP contribution in [0.2, 0.25) is 0 Å². The molecule has 2 heterocycles. The number of aromatic nitrogens is 3. The van der Waals surface area contributed by atoms with Gasteiger partial charge in [-0.05, 0) is 48.1 Å². The summed E-state index contributed by atoms with van der Waals surface area (Å²) in [6.45, 7) is 11.1. The van der Waals surface area contributed by atoms with Gasteiger partial charge in [-0.1, -0.05) is 100 Å². The van der Waals surface area contributed by atoms with Gasteiger partial charge in [0.25, 0.3) is 5.91 Å². The number of carbonyl (C=O) groups is 1. The van der Waals surface area contributed by atoms with Crippen LogP contribution in [0, 0.1) is 0 Å². The SMILES string of the molecule is CCCSc1nc2n(n1)C(c1ccccc1OCc1ccc(C(C)(C)C)cc1)C(C(=O)Nc1ccccc1)=C(C)N2. The fourth-order valence-electron chi connectivity index (χ4n) is 4.79. The maximum Gasteiger partial charge on any atom is 0.255 e. The van der Waals surface area contributed by atoms with Crippen LogP contribution in [0.3, 0.4) is 0 Å². The van der Waals surface area contributed by atoms with E-state index in [9.17, 15) is 4.79 Å². The molecule has 1 amide bonds. The van der Waals surface area contributed by atoms with Crippen molar-refractivity contribution in [2.45, 2.75) is 64.3 Å². The molecule has 212 valence electrons. The van der Waals surface area contributed by atoms with Crippen LogP contribution >= 0.6 is 11.8 Å². The van der Waals surface area contributed by atoms with Gasteiger partial charge in [-0.15, -0.1) is 5.10 Å². The van der Waals surface area contributed by atoms with E-state index < -0.39 is 6.04 Å². The first-order chi connectivity index (χ1) is 19.7. The lowest BCUT2D eigenvalue weighted by atomic mass is 9.87. The minimum atomic E-state index is -0.530. The molecule has 0 spiro atoms. The van der Waals surface area contributed by atoms with Gasteiger partial charge < -0.3 is 15.4 Å². The minimum absolute atomic E-state index is 0.0890. The fraction of sp³-hybridized carbons (Fsp3) is 0.303. The molecule has 1 unspecified atom stereocenters. The summed E-state index contributed by atoms with van der Waals surface area (Å²) in [7, 11) is 0. The number of benzene rings is 3. The van der Waals surface area contributed by atoms with Crippen molar-refractivity contribution in [1.29, 1.82) is 0 Å². The third-order valence-corrected chi connectivity index (χ3v) is 8.02. The minimum Gasteiger partial charge on any atom is -0.489 e. The number of para-hydroxylation sites is 2. The zero-order chi connectivity index (χ0) is 29.0. The van der Waals surface area contributed by atoms with Crippen molar-refractivity contribution in [3.63, 3.8) is 0 Å². The van der Waals surface area contributed by atoms with Crippen molar-refractivity contribution in [3.8, 4) is 5.75 Å². The van der Waals surface area contributed by atoms with E-state index in [2.05, 4.69) is 62.6 Å². The van der Waals surface area contributed by atoms with Crippen molar-refractivity contribution in [3.05, 3.63) is 107 Å². The molecule has 41 heavy (non-hydrogen) atoms. The van der Waals surface area contributed by atoms with Gasteiger partial charge in [0, 0.05) is 22.7 Å². The van der Waals surface area contributed by atoms with Crippen LogP contribution in [0.15, 0.2) is 95.3 Å². The smallest absolute Gasteiger partial charge is 0.255 e. The number of rotatable bonds is 9. The van der Waals surface area contributed by atoms with E-state index in [0.717, 1.165) is 34.7 Å². The summed E-state index contributed by atoms with van der Waals surface area (Å²) < 4.78 is 8.24. The summed E-state index contributed by atoms with van der Waals surface area (Å²) in [5, 5.41) is 11.9. The molecular formula is C33H37N5O2S. The number of hydrogen-bond acceptors (Lipinski definition) is 6. The number of amides is 1. The summed E-state index contributed by atoms with van der Waals surface area (Å²) >= 11 is 1.61. The molecule has 0 radical (unpaired) electrons. The molecule has 0 saturated carbocycles. The molecule has 3 aromatic carbocycles. The first-order valence-corrected chi connectivity index (χ1v) is 15.0. The lowest BCUT2D eigenvalue weighted by Crippen LogP contribution is -2.31. The topological polar surface area (TPSA) is 81.1 Å². The highest BCUT2D eigenvalue weighted by Crippen LogP contribution is 2.40. The number of thioether (sulfide) groups is 1. The average Bonchev–Trinajstić information content (AvgIpc) is 3.37. The highest BCUT2D eigenvalue weighted by molar-refractivity contribution is 7.99. The van der Waals surface area contributed by atoms with E-state index >= 15 is 0 Å². The van der Waals surface area contributed by atoms with Crippen LogP contribution < -0.4 is 15.4 Å². The largest absolute Gasteiger partial charge is 0.489 e. The van der Waals surface area contributed by atoms with Gasteiger partial charge in [0.1, 0.15) is 18.4 Å². The predicted octanol–water partition coefficient (Wildman–Crippen LogP) is 7.58. The third-order valence-electron chi connectivity index (χ3n) is 6.97. The normalized spacial score (nSPS) is 14.8. The molecular weight excluding hydrogens is 530 g/mol. The summed E-state index contributed by atoms with van der Waals surface area (Å²) in [6.07, 6.45) is 1.01. The maximum absolute atomic E-state index is 13.8. The van der Waals surface area contributed by atoms with Crippen molar-refractivity contribution < 1.29 is 9.53 Å². The molecule has 1 aromatic heterocycles. The number of hydrogen-bond donors (Lipinski definition) is 2. The maximum atomic E-state index is 13.8. The highest BCUT2D eigenvalue weighted by atomic mass is 32.2. The van der Waals surface area contributed by atoms with Crippen molar-refractivity contribution in [2.24, 2.45) is 0 Å². The Balaban J connectivity index is 1.50. The lowest BCUT2D eigenvalue weighted by Gasteiger charge is -2.29. The van der Waals surface area contributed by atoms with Crippen LogP contribution in [-0.4, -0.2) is 26.4 Å². The first-order valence-electron chi connectivity index (χ1n) is 14.0. The number of nitrogens with zero attached hydrogens (tertiary/aromatic N) is 3. The molecule has 2 N–H and O–H groups in total. The van der Waals surface area contributed by atoms with Gasteiger partial charge >= 0.3 is 0 Å². The van der Waals surface area contributed by atoms with E-state index in [4.69, 9.17) is 14.8 Å². The van der Waals surface area contributed by atoms with E-state index in [1.54, 1.807) is 11.8 Å². The molecule has 5 rings (SSSR count). The fourth-order valence-corrected chi connectivity index (χ4v) is 5.47. The molecule has 8 heteroatoms. The molecule has 0 bridgehead atoms. The molecule has 1 aliphatic heterocycles. The quantitative estimate of drug-likeness (QED) is 0.203. The van der Waals surface area contributed by atoms with Crippen molar-refractivity contribution >= 4 is 29.3 Å². The second-order valence-electron chi connectivity index (χ2n) is 11.2. The second kappa shape index (κ2) is 12.2. The Labute approximate surface area is 246 Å². The van der Waals surface area contributed by atoms with Gasteiger partial charge in [0.2, 0.25) is 11.1 Å². The summed E-state index contributed by atoms with van der Waals surface area (Å²) in [6, 6.07) is 25.4. The molecule has 7 nitrogen and oxygen atoms in total. The average molecular weight is 568 g/mol. The van der Waals surface area contributed by atoms with E-state index in [0.29, 0.717) is 29.0 Å². The van der Waals surface area contributed by atoms with Crippen molar-refractivity contribution in [2.75, 3.05) is 16.4 Å². The Morgan fingerprint density at radius 1 is 1.02 bits per heavy atom. The molecule has 0 saturated heterocycles. The molecule has 4 aromatic rings. The third kappa shape index (κ3) is 6.49. The number of ether oxygens (including phenoxy) is 1. The molecule has 1 atom stereocenters. The van der Waals surface area contributed by atoms with Gasteiger partial charge in [-0.2, -0.15) is 4.98 Å². The van der Waals surface area contributed by atoms with E-state index in [1.165, 1.54) is 5.56 Å². The van der Waals surface area contributed by atoms with Crippen LogP contribution in [-0.2, 0) is 16.8 Å². The number of nitrogens with one attached hydrogen (secondary N) is 2. The number of fused-ring (bicyclic) bond motifs is 1. The monoisotopic (exact) mass is 567 g/mol. The molecule has 1 aliphatic rings. The number of carbonyl (C=O) groups excluding carboxylic acids is 1. The zero-order valence-electron chi connectivity index (χ0n) is 24.3. The van der Waals surface area contributed by atoms with E-state index in [-0.39, 0.29) is 11.3 Å². The van der Waals surface area contributed by atoms with Crippen LogP contribution in [0.5, 0.6) is 5.75 Å². The van der Waals surface area contributed by atoms with E-state index in [1.807, 2.05) is 66.2 Å². The van der Waals surface area contributed by atoms with Crippen LogP contribution in [0.25, 0.3) is 0 Å². The zero-order valence-corrected chi connectivity index (χ0v) is 25.1. The Bertz CT molecular complexity index is 1540. The number of allylic oxidation sites excluding steroid dienone is 1. The van der Waals surface area contributed by atoms with Gasteiger partial charge in [-0.25, -0.2) is 4.68 Å². The Kier molecular flexibility index (Phi) is 8.49. The van der Waals surface area contributed by atoms with Gasteiger partial charge in [-0.3, -0.25) is 4.79 Å². The Hall–Kier alpha value is -4.04. The summed E-state index contributed by atoms with van der Waals surface area (Å²) in [4.78, 5) is 18.6. The van der Waals surface area contributed by atoms with Gasteiger partial charge in [0.15, 0.2) is 0 Å². The predicted molar refractivity (Wildman–Crippen MR) is 166 cm³/mol. The Morgan fingerprint density at radius 3 is 2.44 bits per heavy atom. The van der Waals surface area contributed by atoms with Crippen LogP contribution in [0.1, 0.15) is 63.8 Å². The lowest BCUT2D eigenvalue weighted by molar-refractivity contribution is -0.113. The Morgan fingerprint density at radius 2 is 1.73 bits per heavy atom. The van der Waals surface area contributed by atoms with Crippen LogP contribution in [0.4, 0.5) is 11.6 Å². The van der Waals surface area contributed by atoms with Gasteiger partial charge in [0.05, 0.1) is 5.57 Å². The molecule has 0 aliphatic carbocycles. The second-order valence-corrected chi connectivity index (χ2v) is 12.2. The van der Waals surface area contributed by atoms with Crippen molar-refractivity contribution in [1.82, 2.24) is 14.8 Å². The summed E-state index contributed by atoms with van der Waals surface area (Å²) in [5.41, 5.74) is 5.30. The molecule has 0 fully saturated rings. The highest BCUT2D eigenvalue weighted by Gasteiger charge is 2.36. The first kappa shape index (κ1) is 28.5. The summed E-state index contributed by atoms with van der Waals surface area (Å²) in [5.74, 6) is 2.01. The number of anilines is 2.